The maximum absolute atomic E-state index is 13.2. The number of nitrogens with one attached hydrogen (secondary N) is 2. The Bertz CT molecular complexity index is 646. The number of hydrogen-bond donors (Lipinski definition) is 2. The van der Waals surface area contributed by atoms with Gasteiger partial charge in [-0.2, -0.15) is 0 Å². The Morgan fingerprint density at radius 2 is 2.24 bits per heavy atom. The second-order valence-electron chi connectivity index (χ2n) is 5.34. The van der Waals surface area contributed by atoms with Gasteiger partial charge in [-0.1, -0.05) is 0 Å². The van der Waals surface area contributed by atoms with E-state index in [2.05, 4.69) is 17.6 Å². The van der Waals surface area contributed by atoms with Crippen molar-refractivity contribution in [1.29, 1.82) is 0 Å². The third kappa shape index (κ3) is 3.73. The summed E-state index contributed by atoms with van der Waals surface area (Å²) in [7, 11) is 0. The molecular formula is C15H18ClFN2OS. The number of carbonyl (C=O) groups excluding carboxylic acids is 1. The molecule has 3 rings (SSSR count). The predicted octanol–water partition coefficient (Wildman–Crippen LogP) is 3.33. The van der Waals surface area contributed by atoms with Crippen LogP contribution in [0, 0.1) is 5.82 Å². The molecule has 1 aliphatic heterocycles. The molecular weight excluding hydrogens is 311 g/mol. The Labute approximate surface area is 133 Å². The second-order valence-corrected chi connectivity index (χ2v) is 6.43. The fourth-order valence-corrected chi connectivity index (χ4v) is 3.59. The van der Waals surface area contributed by atoms with E-state index < -0.39 is 0 Å². The van der Waals surface area contributed by atoms with Crippen molar-refractivity contribution in [2.24, 2.45) is 0 Å². The first-order chi connectivity index (χ1) is 9.61. The molecule has 6 heteroatoms. The van der Waals surface area contributed by atoms with E-state index in [9.17, 15) is 9.18 Å². The van der Waals surface area contributed by atoms with Crippen LogP contribution in [0.1, 0.15) is 29.4 Å². The SMILES string of the molecule is CC1CC(NC(=O)c2cc3cc(F)ccc3s2)CCN1.Cl. The Balaban J connectivity index is 0.00000161. The highest BCUT2D eigenvalue weighted by Gasteiger charge is 2.21. The molecule has 21 heavy (non-hydrogen) atoms. The first-order valence-corrected chi connectivity index (χ1v) is 7.67. The van der Waals surface area contributed by atoms with Gasteiger partial charge in [0.15, 0.2) is 0 Å². The summed E-state index contributed by atoms with van der Waals surface area (Å²) >= 11 is 1.41. The number of hydrogen-bond acceptors (Lipinski definition) is 3. The Morgan fingerprint density at radius 3 is 3.00 bits per heavy atom. The number of piperidine rings is 1. The molecule has 1 aromatic heterocycles. The molecule has 0 radical (unpaired) electrons. The number of thiophene rings is 1. The van der Waals surface area contributed by atoms with Crippen molar-refractivity contribution in [2.75, 3.05) is 6.54 Å². The molecule has 1 saturated heterocycles. The van der Waals surface area contributed by atoms with Gasteiger partial charge in [-0.05, 0) is 56.0 Å². The second kappa shape index (κ2) is 6.73. The van der Waals surface area contributed by atoms with E-state index in [-0.39, 0.29) is 30.2 Å². The lowest BCUT2D eigenvalue weighted by molar-refractivity contribution is 0.0930. The lowest BCUT2D eigenvalue weighted by Gasteiger charge is -2.28. The van der Waals surface area contributed by atoms with Crippen LogP contribution in [0.4, 0.5) is 4.39 Å². The Kier molecular flexibility index (Phi) is 5.19. The van der Waals surface area contributed by atoms with E-state index in [1.165, 1.54) is 23.5 Å². The zero-order valence-electron chi connectivity index (χ0n) is 11.7. The Morgan fingerprint density at radius 1 is 1.43 bits per heavy atom. The third-order valence-corrected chi connectivity index (χ3v) is 4.78. The normalized spacial score (nSPS) is 21.8. The van der Waals surface area contributed by atoms with Gasteiger partial charge < -0.3 is 10.6 Å². The summed E-state index contributed by atoms with van der Waals surface area (Å²) < 4.78 is 14.1. The fraction of sp³-hybridized carbons (Fsp3) is 0.400. The van der Waals surface area contributed by atoms with E-state index >= 15 is 0 Å². The molecule has 2 atom stereocenters. The van der Waals surface area contributed by atoms with Crippen LogP contribution in [0.25, 0.3) is 10.1 Å². The maximum atomic E-state index is 13.2. The van der Waals surface area contributed by atoms with E-state index in [4.69, 9.17) is 0 Å². The zero-order chi connectivity index (χ0) is 14.1. The van der Waals surface area contributed by atoms with Gasteiger partial charge in [0.1, 0.15) is 5.82 Å². The van der Waals surface area contributed by atoms with Crippen LogP contribution in [0.5, 0.6) is 0 Å². The molecule has 0 saturated carbocycles. The van der Waals surface area contributed by atoms with Crippen LogP contribution in [0.15, 0.2) is 24.3 Å². The number of fused-ring (bicyclic) bond motifs is 1. The van der Waals surface area contributed by atoms with Gasteiger partial charge in [-0.25, -0.2) is 4.39 Å². The van der Waals surface area contributed by atoms with E-state index in [1.54, 1.807) is 12.1 Å². The topological polar surface area (TPSA) is 41.1 Å². The smallest absolute Gasteiger partial charge is 0.261 e. The van der Waals surface area contributed by atoms with Gasteiger partial charge in [0.25, 0.3) is 5.91 Å². The van der Waals surface area contributed by atoms with Crippen molar-refractivity contribution in [1.82, 2.24) is 10.6 Å². The summed E-state index contributed by atoms with van der Waals surface area (Å²) in [6.45, 7) is 3.06. The van der Waals surface area contributed by atoms with Crippen LogP contribution in [0.2, 0.25) is 0 Å². The summed E-state index contributed by atoms with van der Waals surface area (Å²) in [6, 6.07) is 7.04. The molecule has 2 unspecified atom stereocenters. The van der Waals surface area contributed by atoms with Crippen molar-refractivity contribution in [3.63, 3.8) is 0 Å². The monoisotopic (exact) mass is 328 g/mol. The van der Waals surface area contributed by atoms with Gasteiger partial charge in [-0.15, -0.1) is 23.7 Å². The quantitative estimate of drug-likeness (QED) is 0.887. The lowest BCUT2D eigenvalue weighted by atomic mass is 10.0. The van der Waals surface area contributed by atoms with Gasteiger partial charge in [0.2, 0.25) is 0 Å². The van der Waals surface area contributed by atoms with Crippen molar-refractivity contribution in [3.05, 3.63) is 35.0 Å². The van der Waals surface area contributed by atoms with E-state index in [0.717, 1.165) is 29.5 Å². The summed E-state index contributed by atoms with van der Waals surface area (Å²) in [6.07, 6.45) is 1.90. The summed E-state index contributed by atoms with van der Waals surface area (Å²) in [5.41, 5.74) is 0. The molecule has 2 N–H and O–H groups in total. The standard InChI is InChI=1S/C15H17FN2OS.ClH/c1-9-6-12(4-5-17-9)18-15(19)14-8-10-7-11(16)2-3-13(10)20-14;/h2-3,7-9,12,17H,4-6H2,1H3,(H,18,19);1H. The molecule has 1 aromatic carbocycles. The van der Waals surface area contributed by atoms with Crippen LogP contribution in [-0.4, -0.2) is 24.5 Å². The van der Waals surface area contributed by atoms with Gasteiger partial charge in [0, 0.05) is 16.8 Å². The minimum atomic E-state index is -0.269. The molecule has 0 spiro atoms. The molecule has 1 fully saturated rings. The summed E-state index contributed by atoms with van der Waals surface area (Å²) in [4.78, 5) is 12.9. The minimum Gasteiger partial charge on any atom is -0.349 e. The van der Waals surface area contributed by atoms with Gasteiger partial charge in [0.05, 0.1) is 4.88 Å². The number of carbonyl (C=O) groups is 1. The average molecular weight is 329 g/mol. The van der Waals surface area contributed by atoms with Crippen LogP contribution in [0.3, 0.4) is 0 Å². The van der Waals surface area contributed by atoms with Crippen LogP contribution < -0.4 is 10.6 Å². The predicted molar refractivity (Wildman–Crippen MR) is 87.0 cm³/mol. The molecule has 0 bridgehead atoms. The molecule has 3 nitrogen and oxygen atoms in total. The van der Waals surface area contributed by atoms with E-state index in [1.807, 2.05) is 0 Å². The number of rotatable bonds is 2. The zero-order valence-corrected chi connectivity index (χ0v) is 13.3. The van der Waals surface area contributed by atoms with Gasteiger partial charge in [-0.3, -0.25) is 4.79 Å². The average Bonchev–Trinajstić information content (AvgIpc) is 2.81. The molecule has 2 heterocycles. The summed E-state index contributed by atoms with van der Waals surface area (Å²) in [5, 5.41) is 7.23. The van der Waals surface area contributed by atoms with Crippen molar-refractivity contribution < 1.29 is 9.18 Å². The molecule has 1 amide bonds. The number of halogens is 2. The van der Waals surface area contributed by atoms with Crippen LogP contribution >= 0.6 is 23.7 Å². The largest absolute Gasteiger partial charge is 0.349 e. The minimum absolute atomic E-state index is 0. The fourth-order valence-electron chi connectivity index (χ4n) is 2.65. The highest BCUT2D eigenvalue weighted by molar-refractivity contribution is 7.20. The molecule has 1 aliphatic rings. The molecule has 2 aromatic rings. The van der Waals surface area contributed by atoms with Crippen LogP contribution in [-0.2, 0) is 0 Å². The van der Waals surface area contributed by atoms with Crippen molar-refractivity contribution in [3.8, 4) is 0 Å². The first kappa shape index (κ1) is 16.2. The third-order valence-electron chi connectivity index (χ3n) is 3.66. The van der Waals surface area contributed by atoms with Crippen molar-refractivity contribution in [2.45, 2.75) is 31.8 Å². The number of amides is 1. The van der Waals surface area contributed by atoms with E-state index in [0.29, 0.717) is 10.9 Å². The Hall–Kier alpha value is -1.17. The highest BCUT2D eigenvalue weighted by atomic mass is 35.5. The summed E-state index contributed by atoms with van der Waals surface area (Å²) in [5.74, 6) is -0.319. The first-order valence-electron chi connectivity index (χ1n) is 6.85. The molecule has 114 valence electrons. The van der Waals surface area contributed by atoms with Gasteiger partial charge >= 0.3 is 0 Å². The van der Waals surface area contributed by atoms with Crippen molar-refractivity contribution >= 4 is 39.7 Å². The highest BCUT2D eigenvalue weighted by Crippen LogP contribution is 2.26. The lowest BCUT2D eigenvalue weighted by Crippen LogP contribution is -2.46. The molecule has 0 aliphatic carbocycles. The maximum Gasteiger partial charge on any atom is 0.261 e. The number of benzene rings is 1.